The molecular weight excluding hydrogens is 154 g/mol. The molecule has 0 spiro atoms. The Hall–Kier alpha value is -1.38. The molecule has 3 heteroatoms. The number of rotatable bonds is 2. The van der Waals surface area contributed by atoms with Crippen LogP contribution in [0.25, 0.3) is 0 Å². The van der Waals surface area contributed by atoms with Crippen LogP contribution in [0.3, 0.4) is 0 Å². The number of likely N-dealkylation sites (N-methyl/N-ethyl adjacent to an activating group) is 1. The van der Waals surface area contributed by atoms with Gasteiger partial charge in [0.15, 0.2) is 5.78 Å². The molecule has 0 aromatic carbocycles. The van der Waals surface area contributed by atoms with Crippen molar-refractivity contribution < 1.29 is 9.59 Å². The van der Waals surface area contributed by atoms with Crippen molar-refractivity contribution in [3.05, 3.63) is 24.8 Å². The summed E-state index contributed by atoms with van der Waals surface area (Å²) in [6.07, 6.45) is 1.22. The highest BCUT2D eigenvalue weighted by atomic mass is 16.1. The Morgan fingerprint density at radius 2 is 1.67 bits per heavy atom. The first-order valence-electron chi connectivity index (χ1n) is 3.46. The number of hydrogen-bond acceptors (Lipinski definition) is 2. The van der Waals surface area contributed by atoms with Crippen LogP contribution < -0.4 is 5.32 Å². The molecule has 0 aliphatic heterocycles. The van der Waals surface area contributed by atoms with Gasteiger partial charge in [-0.25, -0.2) is 0 Å². The van der Waals surface area contributed by atoms with E-state index in [0.29, 0.717) is 5.57 Å². The largest absolute Gasteiger partial charge is 0.356 e. The summed E-state index contributed by atoms with van der Waals surface area (Å²) < 4.78 is 0. The maximum atomic E-state index is 10.0. The first-order valence-corrected chi connectivity index (χ1v) is 3.46. The Morgan fingerprint density at radius 1 is 1.33 bits per heavy atom. The van der Waals surface area contributed by atoms with Gasteiger partial charge in [-0.2, -0.15) is 0 Å². The molecule has 0 rings (SSSR count). The molecule has 0 fully saturated rings. The maximum Gasteiger partial charge on any atom is 0.243 e. The Balaban J connectivity index is 0. The molecule has 0 aromatic heterocycles. The molecular formula is C9H15NO2. The molecule has 0 heterocycles. The Kier molecular flexibility index (Phi) is 8.51. The molecule has 0 radical (unpaired) electrons. The van der Waals surface area contributed by atoms with Crippen molar-refractivity contribution in [2.24, 2.45) is 0 Å². The molecule has 0 aliphatic rings. The molecule has 0 saturated carbocycles. The van der Waals surface area contributed by atoms with Crippen LogP contribution in [0, 0.1) is 0 Å². The van der Waals surface area contributed by atoms with E-state index in [4.69, 9.17) is 0 Å². The second-order valence-corrected chi connectivity index (χ2v) is 2.15. The average molecular weight is 169 g/mol. The quantitative estimate of drug-likeness (QED) is 0.628. The fourth-order valence-corrected chi connectivity index (χ4v) is 0.102. The molecule has 1 N–H and O–H groups in total. The van der Waals surface area contributed by atoms with E-state index >= 15 is 0 Å². The summed E-state index contributed by atoms with van der Waals surface area (Å²) in [6.45, 7) is 9.82. The Labute approximate surface area is 73.2 Å². The number of carbonyl (C=O) groups is 2. The molecule has 0 unspecified atom stereocenters. The molecule has 0 bridgehead atoms. The lowest BCUT2D eigenvalue weighted by Gasteiger charge is -1.82. The molecule has 0 saturated heterocycles. The third kappa shape index (κ3) is 11.4. The van der Waals surface area contributed by atoms with Gasteiger partial charge >= 0.3 is 0 Å². The van der Waals surface area contributed by atoms with Gasteiger partial charge in [-0.05, 0) is 25.5 Å². The van der Waals surface area contributed by atoms with Gasteiger partial charge in [-0.15, -0.1) is 0 Å². The lowest BCUT2D eigenvalue weighted by Crippen LogP contribution is -2.13. The second-order valence-electron chi connectivity index (χ2n) is 2.15. The second kappa shape index (κ2) is 7.72. The number of nitrogens with one attached hydrogen (secondary N) is 1. The number of amides is 1. The van der Waals surface area contributed by atoms with E-state index in [-0.39, 0.29) is 11.7 Å². The highest BCUT2D eigenvalue weighted by Gasteiger charge is 1.85. The zero-order valence-electron chi connectivity index (χ0n) is 7.81. The van der Waals surface area contributed by atoms with Crippen LogP contribution in [0.15, 0.2) is 24.8 Å². The minimum absolute atomic E-state index is 0.0648. The molecule has 0 aromatic rings. The van der Waals surface area contributed by atoms with E-state index in [0.717, 1.165) is 0 Å². The standard InChI is InChI=1S/C5H8O.C4H7NO/c1-4(2)5(3)6;1-3-4(6)5-2/h1H2,2-3H3;3H,1H2,2H3,(H,5,6). The fraction of sp³-hybridized carbons (Fsp3) is 0.333. The topological polar surface area (TPSA) is 46.2 Å². The van der Waals surface area contributed by atoms with E-state index in [1.54, 1.807) is 14.0 Å². The van der Waals surface area contributed by atoms with Crippen LogP contribution in [-0.4, -0.2) is 18.7 Å². The summed E-state index contributed by atoms with van der Waals surface area (Å²) in [7, 11) is 1.56. The van der Waals surface area contributed by atoms with Crippen LogP contribution in [0.4, 0.5) is 0 Å². The third-order valence-corrected chi connectivity index (χ3v) is 1.03. The number of ketones is 1. The number of hydrogen-bond donors (Lipinski definition) is 1. The average Bonchev–Trinajstić information content (AvgIpc) is 2.04. The van der Waals surface area contributed by atoms with Crippen molar-refractivity contribution in [2.75, 3.05) is 7.05 Å². The lowest BCUT2D eigenvalue weighted by atomic mass is 10.3. The SMILES string of the molecule is C=C(C)C(C)=O.C=CC(=O)NC. The first kappa shape index (κ1) is 13.2. The molecule has 3 nitrogen and oxygen atoms in total. The van der Waals surface area contributed by atoms with E-state index in [2.05, 4.69) is 18.5 Å². The monoisotopic (exact) mass is 169 g/mol. The summed E-state index contributed by atoms with van der Waals surface area (Å²) in [5, 5.41) is 2.36. The smallest absolute Gasteiger partial charge is 0.243 e. The van der Waals surface area contributed by atoms with Crippen molar-refractivity contribution in [1.82, 2.24) is 5.32 Å². The van der Waals surface area contributed by atoms with Gasteiger partial charge in [0.05, 0.1) is 0 Å². The molecule has 0 atom stereocenters. The number of carbonyl (C=O) groups excluding carboxylic acids is 2. The molecule has 68 valence electrons. The number of Topliss-reactive ketones (excluding diaryl/α,β-unsaturated/α-hetero) is 1. The molecule has 12 heavy (non-hydrogen) atoms. The Morgan fingerprint density at radius 3 is 1.67 bits per heavy atom. The number of allylic oxidation sites excluding steroid dienone is 1. The van der Waals surface area contributed by atoms with Gasteiger partial charge in [0.2, 0.25) is 5.91 Å². The van der Waals surface area contributed by atoms with Crippen molar-refractivity contribution in [3.63, 3.8) is 0 Å². The normalized spacial score (nSPS) is 7.25. The third-order valence-electron chi connectivity index (χ3n) is 1.03. The minimum Gasteiger partial charge on any atom is -0.356 e. The highest BCUT2D eigenvalue weighted by molar-refractivity contribution is 5.91. The summed E-state index contributed by atoms with van der Waals surface area (Å²) >= 11 is 0. The van der Waals surface area contributed by atoms with Crippen LogP contribution in [-0.2, 0) is 9.59 Å². The fourth-order valence-electron chi connectivity index (χ4n) is 0.102. The summed E-state index contributed by atoms with van der Waals surface area (Å²) in [4.78, 5) is 20.0. The van der Waals surface area contributed by atoms with Crippen molar-refractivity contribution in [3.8, 4) is 0 Å². The van der Waals surface area contributed by atoms with Crippen molar-refractivity contribution in [2.45, 2.75) is 13.8 Å². The highest BCUT2D eigenvalue weighted by Crippen LogP contribution is 1.84. The summed E-state index contributed by atoms with van der Waals surface area (Å²) in [5.74, 6) is -0.0787. The van der Waals surface area contributed by atoms with Gasteiger partial charge in [0.25, 0.3) is 0 Å². The molecule has 1 amide bonds. The molecule has 0 aliphatic carbocycles. The van der Waals surface area contributed by atoms with Gasteiger partial charge in [-0.1, -0.05) is 13.2 Å². The van der Waals surface area contributed by atoms with Crippen LogP contribution in [0.2, 0.25) is 0 Å². The Bertz CT molecular complexity index is 180. The first-order chi connectivity index (χ1) is 5.45. The summed E-state index contributed by atoms with van der Waals surface area (Å²) in [5.41, 5.74) is 0.620. The zero-order chi connectivity index (χ0) is 10.1. The van der Waals surface area contributed by atoms with Gasteiger partial charge in [0, 0.05) is 7.05 Å². The van der Waals surface area contributed by atoms with Gasteiger partial charge < -0.3 is 5.32 Å². The predicted molar refractivity (Wildman–Crippen MR) is 49.8 cm³/mol. The maximum absolute atomic E-state index is 10.0. The van der Waals surface area contributed by atoms with E-state index in [9.17, 15) is 9.59 Å². The zero-order valence-corrected chi connectivity index (χ0v) is 7.81. The lowest BCUT2D eigenvalue weighted by molar-refractivity contribution is -0.116. The van der Waals surface area contributed by atoms with E-state index < -0.39 is 0 Å². The van der Waals surface area contributed by atoms with Crippen molar-refractivity contribution >= 4 is 11.7 Å². The van der Waals surface area contributed by atoms with E-state index in [1.807, 2.05) is 0 Å². The van der Waals surface area contributed by atoms with E-state index in [1.165, 1.54) is 13.0 Å². The minimum atomic E-state index is -0.144. The van der Waals surface area contributed by atoms with Crippen LogP contribution in [0.5, 0.6) is 0 Å². The summed E-state index contributed by atoms with van der Waals surface area (Å²) in [6, 6.07) is 0. The van der Waals surface area contributed by atoms with Gasteiger partial charge in [0.1, 0.15) is 0 Å². The van der Waals surface area contributed by atoms with Crippen LogP contribution >= 0.6 is 0 Å². The predicted octanol–water partition coefficient (Wildman–Crippen LogP) is 1.07. The van der Waals surface area contributed by atoms with Crippen LogP contribution in [0.1, 0.15) is 13.8 Å². The van der Waals surface area contributed by atoms with Crippen molar-refractivity contribution in [1.29, 1.82) is 0 Å². The van der Waals surface area contributed by atoms with Gasteiger partial charge in [-0.3, -0.25) is 9.59 Å².